The van der Waals surface area contributed by atoms with E-state index in [2.05, 4.69) is 43.3 Å². The summed E-state index contributed by atoms with van der Waals surface area (Å²) in [5.74, 6) is 0.973. The van der Waals surface area contributed by atoms with E-state index in [9.17, 15) is 9.59 Å². The number of amides is 2. The Morgan fingerprint density at radius 2 is 1.76 bits per heavy atom. The molecule has 1 N–H and O–H groups in total. The molecular formula is C29H34Cl2N4O2. The maximum absolute atomic E-state index is 12.8. The Morgan fingerprint density at radius 3 is 2.41 bits per heavy atom. The summed E-state index contributed by atoms with van der Waals surface area (Å²) in [6.45, 7) is 6.86. The third-order valence-corrected chi connectivity index (χ3v) is 7.49. The second-order valence-corrected chi connectivity index (χ2v) is 11.6. The highest BCUT2D eigenvalue weighted by molar-refractivity contribution is 6.39. The summed E-state index contributed by atoms with van der Waals surface area (Å²) in [6.07, 6.45) is 3.09. The van der Waals surface area contributed by atoms with Gasteiger partial charge in [-0.2, -0.15) is 5.10 Å². The fourth-order valence-corrected chi connectivity index (χ4v) is 5.36. The maximum Gasteiger partial charge on any atom is 0.227 e. The van der Waals surface area contributed by atoms with Gasteiger partial charge in [-0.05, 0) is 48.4 Å². The van der Waals surface area contributed by atoms with E-state index in [1.165, 1.54) is 5.56 Å². The molecule has 1 fully saturated rings. The predicted octanol–water partition coefficient (Wildman–Crippen LogP) is 6.58. The van der Waals surface area contributed by atoms with Crippen molar-refractivity contribution in [2.45, 2.75) is 58.3 Å². The van der Waals surface area contributed by atoms with Crippen molar-refractivity contribution in [2.24, 2.45) is 13.0 Å². The van der Waals surface area contributed by atoms with Crippen LogP contribution in [0.5, 0.6) is 0 Å². The van der Waals surface area contributed by atoms with Crippen molar-refractivity contribution in [1.29, 1.82) is 0 Å². The first-order valence-corrected chi connectivity index (χ1v) is 13.4. The fraction of sp³-hybridized carbons (Fsp3) is 0.414. The zero-order valence-corrected chi connectivity index (χ0v) is 23.4. The summed E-state index contributed by atoms with van der Waals surface area (Å²) >= 11 is 12.8. The topological polar surface area (TPSA) is 67.2 Å². The largest absolute Gasteiger partial charge is 0.311 e. The zero-order chi connectivity index (χ0) is 26.7. The minimum Gasteiger partial charge on any atom is -0.311 e. The molecule has 2 heterocycles. The van der Waals surface area contributed by atoms with Gasteiger partial charge in [0.15, 0.2) is 0 Å². The zero-order valence-electron chi connectivity index (χ0n) is 21.9. The number of nitrogens with zero attached hydrogens (tertiary/aromatic N) is 3. The Bertz CT molecular complexity index is 1280. The van der Waals surface area contributed by atoms with Gasteiger partial charge in [-0.25, -0.2) is 0 Å². The molecule has 2 aromatic carbocycles. The Morgan fingerprint density at radius 1 is 1.08 bits per heavy atom. The summed E-state index contributed by atoms with van der Waals surface area (Å²) < 4.78 is 1.72. The normalized spacial score (nSPS) is 16.2. The quantitative estimate of drug-likeness (QED) is 0.367. The molecule has 1 saturated heterocycles. The predicted molar refractivity (Wildman–Crippen MR) is 151 cm³/mol. The lowest BCUT2D eigenvalue weighted by atomic mass is 9.88. The summed E-state index contributed by atoms with van der Waals surface area (Å²) in [4.78, 5) is 27.2. The van der Waals surface area contributed by atoms with Gasteiger partial charge in [-0.3, -0.25) is 14.3 Å². The standard InChI is InChI=1S/C29H34Cl2N4O2/c1-29(2,3)24-17-25(34(4)33-24)32-26(36)14-13-20-8-5-6-9-21(20)16-19-12-15-27(37)35(18-19)28-22(30)10-7-11-23(28)31/h5-11,17,19H,12-16,18H2,1-4H3,(H,32,36). The first-order chi connectivity index (χ1) is 17.5. The van der Waals surface area contributed by atoms with E-state index in [0.717, 1.165) is 24.1 Å². The number of para-hydroxylation sites is 1. The molecule has 3 aromatic rings. The van der Waals surface area contributed by atoms with E-state index < -0.39 is 0 Å². The van der Waals surface area contributed by atoms with Crippen molar-refractivity contribution in [2.75, 3.05) is 16.8 Å². The van der Waals surface area contributed by atoms with Gasteiger partial charge in [0.1, 0.15) is 5.82 Å². The Hall–Kier alpha value is -2.83. The van der Waals surface area contributed by atoms with Crippen LogP contribution in [0.2, 0.25) is 10.0 Å². The smallest absolute Gasteiger partial charge is 0.227 e. The van der Waals surface area contributed by atoms with Crippen molar-refractivity contribution >= 4 is 46.5 Å². The van der Waals surface area contributed by atoms with Crippen LogP contribution in [0.15, 0.2) is 48.5 Å². The number of anilines is 2. The van der Waals surface area contributed by atoms with Crippen molar-refractivity contribution in [3.8, 4) is 0 Å². The molecule has 0 saturated carbocycles. The number of aryl methyl sites for hydroxylation is 2. The molecule has 0 bridgehead atoms. The highest BCUT2D eigenvalue weighted by Gasteiger charge is 2.30. The van der Waals surface area contributed by atoms with Gasteiger partial charge in [0, 0.05) is 37.9 Å². The first-order valence-electron chi connectivity index (χ1n) is 12.7. The molecular weight excluding hydrogens is 507 g/mol. The lowest BCUT2D eigenvalue weighted by Crippen LogP contribution is -2.41. The van der Waals surface area contributed by atoms with Gasteiger partial charge < -0.3 is 10.2 Å². The van der Waals surface area contributed by atoms with Crippen LogP contribution in [0.25, 0.3) is 0 Å². The minimum atomic E-state index is -0.0871. The van der Waals surface area contributed by atoms with Crippen molar-refractivity contribution < 1.29 is 9.59 Å². The minimum absolute atomic E-state index is 0.0407. The second-order valence-electron chi connectivity index (χ2n) is 10.8. The average molecular weight is 542 g/mol. The summed E-state index contributed by atoms with van der Waals surface area (Å²) in [7, 11) is 1.84. The molecule has 2 amide bonds. The number of carbonyl (C=O) groups is 2. The number of benzene rings is 2. The van der Waals surface area contributed by atoms with Gasteiger partial charge in [0.05, 0.1) is 21.4 Å². The summed E-state index contributed by atoms with van der Waals surface area (Å²) in [5, 5.41) is 8.50. The number of aromatic nitrogens is 2. The monoisotopic (exact) mass is 540 g/mol. The van der Waals surface area contributed by atoms with Crippen LogP contribution < -0.4 is 10.2 Å². The molecule has 6 nitrogen and oxygen atoms in total. The SMILES string of the molecule is Cn1nc(C(C)(C)C)cc1NC(=O)CCc1ccccc1CC1CCC(=O)N(c2c(Cl)cccc2Cl)C1. The van der Waals surface area contributed by atoms with Crippen LogP contribution in [-0.4, -0.2) is 28.1 Å². The number of rotatable bonds is 7. The molecule has 1 aliphatic heterocycles. The number of carbonyl (C=O) groups excluding carboxylic acids is 2. The van der Waals surface area contributed by atoms with E-state index in [1.54, 1.807) is 27.8 Å². The van der Waals surface area contributed by atoms with Gasteiger partial charge >= 0.3 is 0 Å². The van der Waals surface area contributed by atoms with Crippen LogP contribution in [0.4, 0.5) is 11.5 Å². The van der Waals surface area contributed by atoms with E-state index in [1.807, 2.05) is 25.2 Å². The number of piperidine rings is 1. The van der Waals surface area contributed by atoms with E-state index in [-0.39, 0.29) is 23.1 Å². The van der Waals surface area contributed by atoms with Crippen LogP contribution >= 0.6 is 23.2 Å². The highest BCUT2D eigenvalue weighted by Crippen LogP contribution is 2.37. The van der Waals surface area contributed by atoms with Gasteiger partial charge in [0.25, 0.3) is 0 Å². The van der Waals surface area contributed by atoms with Crippen LogP contribution in [0.3, 0.4) is 0 Å². The molecule has 1 aromatic heterocycles. The van der Waals surface area contributed by atoms with Crippen molar-refractivity contribution in [3.63, 3.8) is 0 Å². The third kappa shape index (κ3) is 6.55. The molecule has 4 rings (SSSR count). The van der Waals surface area contributed by atoms with Gasteiger partial charge in [-0.15, -0.1) is 0 Å². The molecule has 196 valence electrons. The molecule has 0 radical (unpaired) electrons. The van der Waals surface area contributed by atoms with E-state index >= 15 is 0 Å². The van der Waals surface area contributed by atoms with Crippen molar-refractivity contribution in [1.82, 2.24) is 9.78 Å². The lowest BCUT2D eigenvalue weighted by Gasteiger charge is -2.34. The molecule has 0 aliphatic carbocycles. The molecule has 37 heavy (non-hydrogen) atoms. The fourth-order valence-electron chi connectivity index (χ4n) is 4.76. The van der Waals surface area contributed by atoms with E-state index in [4.69, 9.17) is 23.2 Å². The molecule has 1 unspecified atom stereocenters. The van der Waals surface area contributed by atoms with Gasteiger partial charge in [0.2, 0.25) is 11.8 Å². The number of halogens is 2. The molecule has 8 heteroatoms. The Labute approximate surface area is 228 Å². The van der Waals surface area contributed by atoms with E-state index in [0.29, 0.717) is 47.4 Å². The van der Waals surface area contributed by atoms with Crippen LogP contribution in [0.1, 0.15) is 56.9 Å². The molecule has 1 aliphatic rings. The molecule has 1 atom stereocenters. The Balaban J connectivity index is 1.41. The maximum atomic E-state index is 12.8. The van der Waals surface area contributed by atoms with Crippen LogP contribution in [0, 0.1) is 5.92 Å². The number of hydrogen-bond donors (Lipinski definition) is 1. The molecule has 0 spiro atoms. The van der Waals surface area contributed by atoms with Crippen molar-refractivity contribution in [3.05, 3.63) is 75.4 Å². The second kappa shape index (κ2) is 11.3. The third-order valence-electron chi connectivity index (χ3n) is 6.88. The number of nitrogens with one attached hydrogen (secondary N) is 1. The van der Waals surface area contributed by atoms with Crippen LogP contribution in [-0.2, 0) is 34.9 Å². The summed E-state index contributed by atoms with van der Waals surface area (Å²) in [6, 6.07) is 15.5. The van der Waals surface area contributed by atoms with Gasteiger partial charge in [-0.1, -0.05) is 74.3 Å². The average Bonchev–Trinajstić information content (AvgIpc) is 3.21. The first kappa shape index (κ1) is 27.2. The summed E-state index contributed by atoms with van der Waals surface area (Å²) in [5.41, 5.74) is 3.80. The highest BCUT2D eigenvalue weighted by atomic mass is 35.5. The Kier molecular flexibility index (Phi) is 8.29. The lowest BCUT2D eigenvalue weighted by molar-refractivity contribution is -0.120. The number of hydrogen-bond acceptors (Lipinski definition) is 3.